The number of urea groups is 1. The second kappa shape index (κ2) is 9.66. The van der Waals surface area contributed by atoms with Crippen molar-refractivity contribution in [3.05, 3.63) is 29.8 Å². The molecule has 0 unspecified atom stereocenters. The van der Waals surface area contributed by atoms with Crippen LogP contribution in [0.15, 0.2) is 24.3 Å². The van der Waals surface area contributed by atoms with E-state index in [0.29, 0.717) is 17.9 Å². The summed E-state index contributed by atoms with van der Waals surface area (Å²) in [7, 11) is 0. The minimum absolute atomic E-state index is 0.301. The summed E-state index contributed by atoms with van der Waals surface area (Å²) >= 11 is 0. The van der Waals surface area contributed by atoms with Crippen molar-refractivity contribution in [2.45, 2.75) is 46.1 Å². The summed E-state index contributed by atoms with van der Waals surface area (Å²) < 4.78 is 10.4. The summed E-state index contributed by atoms with van der Waals surface area (Å²) in [5.74, 6) is -0.678. The lowest BCUT2D eigenvalue weighted by molar-refractivity contribution is -0.123. The highest BCUT2D eigenvalue weighted by Crippen LogP contribution is 2.13. The molecule has 0 heterocycles. The van der Waals surface area contributed by atoms with E-state index >= 15 is 0 Å². The van der Waals surface area contributed by atoms with Gasteiger partial charge in [0, 0.05) is 5.54 Å². The van der Waals surface area contributed by atoms with E-state index in [4.69, 9.17) is 9.47 Å². The van der Waals surface area contributed by atoms with E-state index in [9.17, 15) is 14.4 Å². The molecule has 0 fully saturated rings. The molecule has 0 saturated carbocycles. The van der Waals surface area contributed by atoms with Crippen LogP contribution in [-0.4, -0.2) is 36.7 Å². The van der Waals surface area contributed by atoms with E-state index in [-0.39, 0.29) is 0 Å². The minimum atomic E-state index is -0.699. The largest absolute Gasteiger partial charge is 0.494 e. The lowest BCUT2D eigenvalue weighted by atomic mass is 10.1. The number of hydrogen-bond acceptors (Lipinski definition) is 5. The molecule has 0 aliphatic carbocycles. The quantitative estimate of drug-likeness (QED) is 0.582. The molecule has 0 aliphatic heterocycles. The molecular weight excluding hydrogens is 324 g/mol. The van der Waals surface area contributed by atoms with Crippen molar-refractivity contribution in [3.8, 4) is 5.75 Å². The fraction of sp³-hybridized carbons (Fsp3) is 0.500. The second-order valence-corrected chi connectivity index (χ2v) is 6.55. The SMILES string of the molecule is CCCCOc1ccc(C(=O)OCC(=O)NC(=O)NC(C)(C)C)cc1. The fourth-order valence-electron chi connectivity index (χ4n) is 1.77. The number of rotatable bonds is 7. The predicted molar refractivity (Wildman–Crippen MR) is 93.6 cm³/mol. The molecule has 0 aliphatic rings. The summed E-state index contributed by atoms with van der Waals surface area (Å²) in [6.45, 7) is 7.51. The summed E-state index contributed by atoms with van der Waals surface area (Å²) in [5.41, 5.74) is -0.170. The Bertz CT molecular complexity index is 590. The molecule has 0 atom stereocenters. The number of imide groups is 1. The van der Waals surface area contributed by atoms with Crippen LogP contribution >= 0.6 is 0 Å². The standard InChI is InChI=1S/C18H26N2O5/c1-5-6-11-24-14-9-7-13(8-10-14)16(22)25-12-15(21)19-17(23)20-18(2,3)4/h7-10H,5-6,11-12H2,1-4H3,(H2,19,20,21,23). The number of unbranched alkanes of at least 4 members (excludes halogenated alkanes) is 1. The van der Waals surface area contributed by atoms with Gasteiger partial charge in [-0.25, -0.2) is 9.59 Å². The van der Waals surface area contributed by atoms with Crippen LogP contribution in [-0.2, 0) is 9.53 Å². The number of hydrogen-bond donors (Lipinski definition) is 2. The maximum atomic E-state index is 11.9. The molecule has 25 heavy (non-hydrogen) atoms. The van der Waals surface area contributed by atoms with Gasteiger partial charge in [-0.3, -0.25) is 10.1 Å². The topological polar surface area (TPSA) is 93.7 Å². The Morgan fingerprint density at radius 3 is 2.28 bits per heavy atom. The third-order valence-corrected chi connectivity index (χ3v) is 2.93. The van der Waals surface area contributed by atoms with Gasteiger partial charge in [0.25, 0.3) is 5.91 Å². The summed E-state index contributed by atoms with van der Waals surface area (Å²) in [6, 6.07) is 5.83. The van der Waals surface area contributed by atoms with E-state index in [2.05, 4.69) is 17.6 Å². The van der Waals surface area contributed by atoms with Crippen molar-refractivity contribution < 1.29 is 23.9 Å². The number of amides is 3. The molecule has 7 nitrogen and oxygen atoms in total. The van der Waals surface area contributed by atoms with Crippen molar-refractivity contribution in [2.24, 2.45) is 0 Å². The van der Waals surface area contributed by atoms with E-state index < -0.39 is 30.1 Å². The molecule has 0 saturated heterocycles. The number of nitrogens with one attached hydrogen (secondary N) is 2. The Balaban J connectivity index is 2.40. The maximum absolute atomic E-state index is 11.9. The average molecular weight is 350 g/mol. The van der Waals surface area contributed by atoms with Crippen LogP contribution in [0, 0.1) is 0 Å². The van der Waals surface area contributed by atoms with Crippen molar-refractivity contribution in [1.29, 1.82) is 0 Å². The van der Waals surface area contributed by atoms with E-state index in [0.717, 1.165) is 12.8 Å². The van der Waals surface area contributed by atoms with Gasteiger partial charge in [0.2, 0.25) is 0 Å². The zero-order valence-electron chi connectivity index (χ0n) is 15.2. The molecule has 0 bridgehead atoms. The first kappa shape index (κ1) is 20.5. The first-order chi connectivity index (χ1) is 11.7. The van der Waals surface area contributed by atoms with Crippen molar-refractivity contribution >= 4 is 17.9 Å². The Kier molecular flexibility index (Phi) is 7.91. The average Bonchev–Trinajstić information content (AvgIpc) is 2.51. The molecule has 3 amide bonds. The third kappa shape index (κ3) is 8.74. The van der Waals surface area contributed by atoms with Crippen LogP contribution in [0.1, 0.15) is 50.9 Å². The highest BCUT2D eigenvalue weighted by molar-refractivity contribution is 5.97. The number of carbonyl (C=O) groups is 3. The van der Waals surface area contributed by atoms with Crippen LogP contribution < -0.4 is 15.4 Å². The number of ether oxygens (including phenoxy) is 2. The summed E-state index contributed by atoms with van der Waals surface area (Å²) in [5, 5.41) is 4.67. The minimum Gasteiger partial charge on any atom is -0.494 e. The molecular formula is C18H26N2O5. The highest BCUT2D eigenvalue weighted by atomic mass is 16.5. The number of carbonyl (C=O) groups excluding carboxylic acids is 3. The molecule has 138 valence electrons. The van der Waals surface area contributed by atoms with Crippen LogP contribution in [0.25, 0.3) is 0 Å². The fourth-order valence-corrected chi connectivity index (χ4v) is 1.77. The van der Waals surface area contributed by atoms with Gasteiger partial charge in [-0.2, -0.15) is 0 Å². The van der Waals surface area contributed by atoms with Gasteiger partial charge in [0.05, 0.1) is 12.2 Å². The van der Waals surface area contributed by atoms with E-state index in [1.807, 2.05) is 0 Å². The zero-order valence-corrected chi connectivity index (χ0v) is 15.2. The first-order valence-corrected chi connectivity index (χ1v) is 8.23. The Morgan fingerprint density at radius 1 is 1.08 bits per heavy atom. The van der Waals surface area contributed by atoms with Crippen molar-refractivity contribution in [2.75, 3.05) is 13.2 Å². The van der Waals surface area contributed by atoms with Gasteiger partial charge in [-0.05, 0) is 51.5 Å². The van der Waals surface area contributed by atoms with Gasteiger partial charge in [-0.15, -0.1) is 0 Å². The lowest BCUT2D eigenvalue weighted by Gasteiger charge is -2.20. The molecule has 0 aromatic heterocycles. The van der Waals surface area contributed by atoms with Crippen LogP contribution in [0.2, 0.25) is 0 Å². The van der Waals surface area contributed by atoms with Gasteiger partial charge in [0.1, 0.15) is 5.75 Å². The molecule has 2 N–H and O–H groups in total. The third-order valence-electron chi connectivity index (χ3n) is 2.93. The van der Waals surface area contributed by atoms with Gasteiger partial charge >= 0.3 is 12.0 Å². The summed E-state index contributed by atoms with van der Waals surface area (Å²) in [4.78, 5) is 35.0. The molecule has 0 radical (unpaired) electrons. The first-order valence-electron chi connectivity index (χ1n) is 8.23. The lowest BCUT2D eigenvalue weighted by Crippen LogP contribution is -2.49. The van der Waals surface area contributed by atoms with Gasteiger partial charge < -0.3 is 14.8 Å². The van der Waals surface area contributed by atoms with Crippen LogP contribution in [0.5, 0.6) is 5.75 Å². The predicted octanol–water partition coefficient (Wildman–Crippen LogP) is 2.65. The number of benzene rings is 1. The molecule has 1 rings (SSSR count). The highest BCUT2D eigenvalue weighted by Gasteiger charge is 2.17. The molecule has 1 aromatic carbocycles. The zero-order chi connectivity index (χ0) is 18.9. The normalized spacial score (nSPS) is 10.7. The molecule has 0 spiro atoms. The van der Waals surface area contributed by atoms with E-state index in [1.165, 1.54) is 0 Å². The second-order valence-electron chi connectivity index (χ2n) is 6.55. The van der Waals surface area contributed by atoms with Crippen LogP contribution in [0.4, 0.5) is 4.79 Å². The Morgan fingerprint density at radius 2 is 1.72 bits per heavy atom. The monoisotopic (exact) mass is 350 g/mol. The van der Waals surface area contributed by atoms with Crippen molar-refractivity contribution in [1.82, 2.24) is 10.6 Å². The van der Waals surface area contributed by atoms with Gasteiger partial charge in [0.15, 0.2) is 6.61 Å². The van der Waals surface area contributed by atoms with Crippen LogP contribution in [0.3, 0.4) is 0 Å². The smallest absolute Gasteiger partial charge is 0.338 e. The molecule has 7 heteroatoms. The number of esters is 1. The van der Waals surface area contributed by atoms with Gasteiger partial charge in [-0.1, -0.05) is 13.3 Å². The Labute approximate surface area is 148 Å². The maximum Gasteiger partial charge on any atom is 0.338 e. The van der Waals surface area contributed by atoms with E-state index in [1.54, 1.807) is 45.0 Å². The Hall–Kier alpha value is -2.57. The summed E-state index contributed by atoms with van der Waals surface area (Å²) in [6.07, 6.45) is 2.00. The molecule has 1 aromatic rings. The van der Waals surface area contributed by atoms with Crippen molar-refractivity contribution in [3.63, 3.8) is 0 Å².